The van der Waals surface area contributed by atoms with Gasteiger partial charge < -0.3 is 9.80 Å². The van der Waals surface area contributed by atoms with Gasteiger partial charge in [-0.1, -0.05) is 82.1 Å². The van der Waals surface area contributed by atoms with Gasteiger partial charge in [0.2, 0.25) is 0 Å². The van der Waals surface area contributed by atoms with Crippen LogP contribution in [0.4, 0.5) is 4.48 Å². The highest BCUT2D eigenvalue weighted by atomic mass is 19.2. The molecule has 0 radical (unpaired) electrons. The molecule has 0 atom stereocenters. The Morgan fingerprint density at radius 2 is 1.56 bits per heavy atom. The Morgan fingerprint density at radius 1 is 0.956 bits per heavy atom. The second kappa shape index (κ2) is 17.4. The molecule has 2 heterocycles. The van der Waals surface area contributed by atoms with Crippen molar-refractivity contribution in [3.05, 3.63) is 87.6 Å². The van der Waals surface area contributed by atoms with Crippen LogP contribution in [-0.4, -0.2) is 54.1 Å². The van der Waals surface area contributed by atoms with Crippen molar-refractivity contribution in [1.82, 2.24) is 14.9 Å². The molecule has 4 nitrogen and oxygen atoms in total. The molecule has 0 spiro atoms. The average molecular weight is 614 g/mol. The number of aryl methyl sites for hydroxylation is 1. The quantitative estimate of drug-likeness (QED) is 0.240. The number of carbonyl (C=O) groups excluding carboxylic acids is 1. The Morgan fingerprint density at radius 3 is 2.09 bits per heavy atom. The minimum atomic E-state index is 0.0287. The van der Waals surface area contributed by atoms with E-state index in [1.807, 2.05) is 44.0 Å². The van der Waals surface area contributed by atoms with Crippen LogP contribution < -0.4 is 0 Å². The van der Waals surface area contributed by atoms with Gasteiger partial charge in [0.25, 0.3) is 5.91 Å². The number of likely N-dealkylation sites (tertiary alicyclic amines) is 1. The van der Waals surface area contributed by atoms with Gasteiger partial charge in [-0.05, 0) is 105 Å². The fraction of sp³-hybridized carbons (Fsp3) is 0.525. The lowest BCUT2D eigenvalue weighted by Crippen LogP contribution is -2.38. The molecule has 0 unspecified atom stereocenters. The van der Waals surface area contributed by atoms with Crippen molar-refractivity contribution in [3.8, 4) is 12.3 Å². The van der Waals surface area contributed by atoms with E-state index in [0.717, 1.165) is 71.6 Å². The molecule has 2 aromatic carbocycles. The highest BCUT2D eigenvalue weighted by molar-refractivity contribution is 5.97. The van der Waals surface area contributed by atoms with Crippen LogP contribution in [0.1, 0.15) is 136 Å². The van der Waals surface area contributed by atoms with Crippen molar-refractivity contribution in [2.75, 3.05) is 33.2 Å². The second-order valence-corrected chi connectivity index (χ2v) is 13.1. The van der Waals surface area contributed by atoms with Crippen molar-refractivity contribution >= 4 is 11.6 Å². The van der Waals surface area contributed by atoms with Gasteiger partial charge in [0, 0.05) is 42.9 Å². The third-order valence-electron chi connectivity index (χ3n) is 9.07. The Labute approximate surface area is 273 Å². The molecule has 0 N–H and O–H groups in total. The van der Waals surface area contributed by atoms with E-state index in [9.17, 15) is 4.79 Å². The number of hydrogen-bond donors (Lipinski definition) is 0. The van der Waals surface area contributed by atoms with Gasteiger partial charge in [-0.25, -0.2) is 0 Å². The molecule has 2 fully saturated rings. The molecule has 2 aliphatic heterocycles. The van der Waals surface area contributed by atoms with Crippen LogP contribution in [0.15, 0.2) is 54.2 Å². The van der Waals surface area contributed by atoms with Crippen LogP contribution in [0.25, 0.3) is 5.70 Å². The maximum Gasteiger partial charge on any atom is 0.254 e. The van der Waals surface area contributed by atoms with Crippen molar-refractivity contribution in [2.45, 2.75) is 105 Å². The lowest BCUT2D eigenvalue weighted by molar-refractivity contribution is 0.0712. The summed E-state index contributed by atoms with van der Waals surface area (Å²) in [7, 11) is 2.01. The predicted octanol–water partition coefficient (Wildman–Crippen LogP) is 9.86. The molecule has 1 aliphatic carbocycles. The molecule has 1 saturated heterocycles. The summed E-state index contributed by atoms with van der Waals surface area (Å²) in [5.41, 5.74) is 7.74. The van der Waals surface area contributed by atoms with E-state index in [1.54, 1.807) is 0 Å². The van der Waals surface area contributed by atoms with E-state index < -0.39 is 0 Å². The fourth-order valence-corrected chi connectivity index (χ4v) is 6.18. The maximum atomic E-state index is 15.9. The van der Waals surface area contributed by atoms with Gasteiger partial charge in [-0.3, -0.25) is 4.79 Å². The number of piperidine rings is 1. The lowest BCUT2D eigenvalue weighted by atomic mass is 9.76. The number of nitrogens with zero attached hydrogens (tertiary/aromatic N) is 3. The summed E-state index contributed by atoms with van der Waals surface area (Å²) in [6.45, 7) is 19.6. The number of rotatable bonds is 6. The number of terminal acetylenes is 1. The first-order valence-corrected chi connectivity index (χ1v) is 17.1. The van der Waals surface area contributed by atoms with Crippen molar-refractivity contribution in [3.63, 3.8) is 0 Å². The van der Waals surface area contributed by atoms with Gasteiger partial charge in [0.15, 0.2) is 0 Å². The number of halogens is 1. The van der Waals surface area contributed by atoms with E-state index in [1.165, 1.54) is 24.8 Å². The summed E-state index contributed by atoms with van der Waals surface area (Å²) in [6, 6.07) is 12.3. The zero-order valence-electron chi connectivity index (χ0n) is 29.0. The summed E-state index contributed by atoms with van der Waals surface area (Å²) in [5.74, 6) is 3.52. The van der Waals surface area contributed by atoms with Crippen LogP contribution >= 0.6 is 0 Å². The Bertz CT molecular complexity index is 1360. The molecule has 0 aromatic heterocycles. The first-order valence-electron chi connectivity index (χ1n) is 17.1. The molecule has 45 heavy (non-hydrogen) atoms. The normalized spacial score (nSPS) is 17.3. The molecule has 244 valence electrons. The predicted molar refractivity (Wildman–Crippen MR) is 189 cm³/mol. The minimum absolute atomic E-state index is 0.0287. The van der Waals surface area contributed by atoms with Crippen LogP contribution in [0.3, 0.4) is 0 Å². The number of carbonyl (C=O) groups is 1. The van der Waals surface area contributed by atoms with Gasteiger partial charge >= 0.3 is 0 Å². The van der Waals surface area contributed by atoms with Crippen LogP contribution in [0, 0.1) is 19.3 Å². The number of benzene rings is 2. The first-order chi connectivity index (χ1) is 21.6. The molecule has 3 aliphatic rings. The van der Waals surface area contributed by atoms with Crippen LogP contribution in [0.5, 0.6) is 0 Å². The minimum Gasteiger partial charge on any atom is -0.339 e. The van der Waals surface area contributed by atoms with Crippen molar-refractivity contribution in [2.24, 2.45) is 0 Å². The molecule has 5 rings (SSSR count). The molecular formula is C40H56FN3O. The Balaban J connectivity index is 0.000000853. The van der Waals surface area contributed by atoms with Gasteiger partial charge in [0.1, 0.15) is 0 Å². The Kier molecular flexibility index (Phi) is 13.9. The number of hydrogen-bond acceptors (Lipinski definition) is 3. The van der Waals surface area contributed by atoms with E-state index >= 15 is 4.48 Å². The van der Waals surface area contributed by atoms with E-state index in [-0.39, 0.29) is 5.91 Å². The van der Waals surface area contributed by atoms with Crippen LogP contribution in [-0.2, 0) is 0 Å². The van der Waals surface area contributed by atoms with Gasteiger partial charge in [0.05, 0.1) is 11.4 Å². The van der Waals surface area contributed by atoms with E-state index in [2.05, 4.69) is 63.3 Å². The molecule has 5 heteroatoms. The van der Waals surface area contributed by atoms with Gasteiger partial charge in [-0.2, -0.15) is 5.12 Å². The molecule has 1 saturated carbocycles. The van der Waals surface area contributed by atoms with E-state index in [4.69, 9.17) is 6.42 Å². The summed E-state index contributed by atoms with van der Waals surface area (Å²) < 4.78 is 15.9. The highest BCUT2D eigenvalue weighted by Gasteiger charge is 2.31. The topological polar surface area (TPSA) is 26.8 Å². The average Bonchev–Trinajstić information content (AvgIpc) is 3.01. The largest absolute Gasteiger partial charge is 0.339 e. The van der Waals surface area contributed by atoms with E-state index in [0.29, 0.717) is 48.4 Å². The van der Waals surface area contributed by atoms with Crippen molar-refractivity contribution in [1.29, 1.82) is 0 Å². The molecule has 2 aromatic rings. The summed E-state index contributed by atoms with van der Waals surface area (Å²) >= 11 is 0. The Hall–Kier alpha value is -3.36. The van der Waals surface area contributed by atoms with Crippen molar-refractivity contribution < 1.29 is 9.28 Å². The van der Waals surface area contributed by atoms with Crippen LogP contribution in [0.2, 0.25) is 0 Å². The highest BCUT2D eigenvalue weighted by Crippen LogP contribution is 2.42. The maximum absolute atomic E-state index is 15.9. The zero-order chi connectivity index (χ0) is 33.1. The second-order valence-electron chi connectivity index (χ2n) is 13.1. The number of likely N-dealkylation sites (N-methyl/N-ethyl adjacent to an activating group) is 1. The third-order valence-corrected chi connectivity index (χ3v) is 9.07. The smallest absolute Gasteiger partial charge is 0.254 e. The summed E-state index contributed by atoms with van der Waals surface area (Å²) in [6.07, 6.45) is 14.1. The lowest BCUT2D eigenvalue weighted by Gasteiger charge is -2.35. The molecule has 0 bridgehead atoms. The molecular weight excluding hydrogens is 557 g/mol. The SMILES string of the molecule is C#Cc1ccc(C2CCN(C(=O)c3cc(C(=C)N(F)C4=C(C)CCN(C)C4)c(C4CCC4)cc3C)CC2)cc1.CCC.CCC. The number of amides is 1. The molecule has 1 amide bonds. The summed E-state index contributed by atoms with van der Waals surface area (Å²) in [5, 5.41) is 0.781. The van der Waals surface area contributed by atoms with Gasteiger partial charge in [-0.15, -0.1) is 6.42 Å². The summed E-state index contributed by atoms with van der Waals surface area (Å²) in [4.78, 5) is 17.9. The third kappa shape index (κ3) is 9.10. The standard InChI is InChI=1S/C34H40FN3O.2C3H8/c1-6-26-10-12-27(13-11-26)28-15-18-37(19-16-28)34(39)30-21-31(32(20-24(30)3)29-8-7-9-29)25(4)38(35)33-22-36(5)17-14-23(33)2;2*1-3-2/h1,10-13,20-21,28-29H,4,7-9,14-19,22H2,2-3,5H3;2*3H2,1-2H3. The zero-order valence-corrected chi connectivity index (χ0v) is 29.0. The fourth-order valence-electron chi connectivity index (χ4n) is 6.18. The first kappa shape index (κ1) is 36.1. The monoisotopic (exact) mass is 613 g/mol.